The number of benzene rings is 3. The fourth-order valence-electron chi connectivity index (χ4n) is 4.98. The van der Waals surface area contributed by atoms with Gasteiger partial charge in [0.1, 0.15) is 17.3 Å². The number of amides is 1. The number of thiazole rings is 1. The molecule has 0 bridgehead atoms. The molecule has 5 rings (SSSR count). The van der Waals surface area contributed by atoms with Gasteiger partial charge in [0.15, 0.2) is 16.6 Å². The number of aliphatic hydroxyl groups excluding tert-OH is 1. The molecule has 1 N–H and O–H groups in total. The van der Waals surface area contributed by atoms with Crippen molar-refractivity contribution in [1.29, 1.82) is 0 Å². The van der Waals surface area contributed by atoms with Crippen molar-refractivity contribution in [2.24, 2.45) is 0 Å². The van der Waals surface area contributed by atoms with E-state index >= 15 is 0 Å². The quantitative estimate of drug-likeness (QED) is 0.0777. The molecule has 3 aromatic carbocycles. The number of halogens is 1. The zero-order valence-corrected chi connectivity index (χ0v) is 25.1. The van der Waals surface area contributed by atoms with Crippen LogP contribution in [0.4, 0.5) is 9.52 Å². The average Bonchev–Trinajstić information content (AvgIpc) is 3.53. The van der Waals surface area contributed by atoms with Crippen molar-refractivity contribution < 1.29 is 33.3 Å². The van der Waals surface area contributed by atoms with E-state index in [1.165, 1.54) is 23.1 Å². The Labute approximate surface area is 253 Å². The van der Waals surface area contributed by atoms with Gasteiger partial charge in [-0.15, -0.1) is 0 Å². The molecule has 1 aromatic heterocycles. The molecule has 1 aliphatic heterocycles. The Balaban J connectivity index is 1.64. The van der Waals surface area contributed by atoms with Crippen LogP contribution in [0.5, 0.6) is 17.2 Å². The Morgan fingerprint density at radius 3 is 2.42 bits per heavy atom. The van der Waals surface area contributed by atoms with Crippen molar-refractivity contribution in [3.63, 3.8) is 0 Å². The van der Waals surface area contributed by atoms with Crippen LogP contribution >= 0.6 is 11.3 Å². The fraction of sp³-hybridized carbons (Fsp3) is 0.303. The van der Waals surface area contributed by atoms with Crippen LogP contribution in [-0.2, 0) is 9.59 Å². The van der Waals surface area contributed by atoms with Crippen molar-refractivity contribution in [3.05, 3.63) is 83.2 Å². The van der Waals surface area contributed by atoms with E-state index in [-0.39, 0.29) is 16.5 Å². The molecule has 0 radical (unpaired) electrons. The first-order chi connectivity index (χ1) is 20.9. The third-order valence-corrected chi connectivity index (χ3v) is 8.03. The van der Waals surface area contributed by atoms with Crippen LogP contribution in [0.1, 0.15) is 57.2 Å². The van der Waals surface area contributed by atoms with E-state index in [9.17, 15) is 19.1 Å². The van der Waals surface area contributed by atoms with Crippen LogP contribution in [0.15, 0.2) is 66.2 Å². The molecule has 224 valence electrons. The SMILES string of the molecule is CCCCCOc1ccc(C2/C(=C(\O)c3ccc(OCC)cc3)C(=O)C(=O)N2c2nc3ccc(F)cc3s2)cc1OCC. The first kappa shape index (κ1) is 30.0. The second-order valence-electron chi connectivity index (χ2n) is 9.93. The van der Waals surface area contributed by atoms with E-state index in [0.717, 1.165) is 30.6 Å². The summed E-state index contributed by atoms with van der Waals surface area (Å²) in [6.07, 6.45) is 2.99. The number of Topliss-reactive ketones (excluding diaryl/α,β-unsaturated/α-hetero) is 1. The number of aromatic nitrogens is 1. The number of fused-ring (bicyclic) bond motifs is 1. The molecule has 1 amide bonds. The lowest BCUT2D eigenvalue weighted by atomic mass is 9.95. The molecular formula is C33H33FN2O6S. The van der Waals surface area contributed by atoms with Gasteiger partial charge in [-0.25, -0.2) is 9.37 Å². The van der Waals surface area contributed by atoms with Crippen LogP contribution in [0, 0.1) is 5.82 Å². The molecule has 4 aromatic rings. The molecule has 0 aliphatic carbocycles. The number of hydrogen-bond donors (Lipinski definition) is 1. The number of rotatable bonds is 12. The summed E-state index contributed by atoms with van der Waals surface area (Å²) in [5.74, 6) is -0.884. The van der Waals surface area contributed by atoms with Gasteiger partial charge in [0.05, 0.1) is 41.7 Å². The van der Waals surface area contributed by atoms with Crippen molar-refractivity contribution in [3.8, 4) is 17.2 Å². The summed E-state index contributed by atoms with van der Waals surface area (Å²) in [5.41, 5.74) is 1.25. The summed E-state index contributed by atoms with van der Waals surface area (Å²) >= 11 is 1.09. The standard InChI is InChI=1S/C33H33FN2O6S/c1-4-7-8-17-42-25-16-11-21(18-26(25)41-6-3)29-28(30(37)20-9-13-23(14-10-20)40-5-2)31(38)32(39)36(29)33-35-24-15-12-22(34)19-27(24)43-33/h9-16,18-19,29,37H,4-8,17H2,1-3H3/b30-28+. The van der Waals surface area contributed by atoms with Crippen LogP contribution in [-0.4, -0.2) is 41.6 Å². The predicted octanol–water partition coefficient (Wildman–Crippen LogP) is 7.43. The smallest absolute Gasteiger partial charge is 0.301 e. The van der Waals surface area contributed by atoms with Gasteiger partial charge in [-0.2, -0.15) is 0 Å². The highest BCUT2D eigenvalue weighted by Crippen LogP contribution is 2.46. The number of nitrogens with zero attached hydrogens (tertiary/aromatic N) is 2. The number of anilines is 1. The summed E-state index contributed by atoms with van der Waals surface area (Å²) < 4.78 is 31.9. The number of ketones is 1. The zero-order valence-electron chi connectivity index (χ0n) is 24.3. The molecule has 43 heavy (non-hydrogen) atoms. The Morgan fingerprint density at radius 1 is 0.930 bits per heavy atom. The van der Waals surface area contributed by atoms with Gasteiger partial charge in [-0.3, -0.25) is 14.5 Å². The maximum absolute atomic E-state index is 14.0. The number of ether oxygens (including phenoxy) is 3. The third kappa shape index (κ3) is 6.19. The van der Waals surface area contributed by atoms with Gasteiger partial charge in [0.25, 0.3) is 5.78 Å². The topological polar surface area (TPSA) is 98.2 Å². The summed E-state index contributed by atoms with van der Waals surface area (Å²) in [7, 11) is 0. The normalized spacial score (nSPS) is 16.2. The largest absolute Gasteiger partial charge is 0.507 e. The molecule has 0 saturated carbocycles. The van der Waals surface area contributed by atoms with Crippen molar-refractivity contribution in [2.75, 3.05) is 24.7 Å². The van der Waals surface area contributed by atoms with Crippen molar-refractivity contribution in [1.82, 2.24) is 4.98 Å². The molecule has 1 fully saturated rings. The molecule has 8 nitrogen and oxygen atoms in total. The monoisotopic (exact) mass is 604 g/mol. The lowest BCUT2D eigenvalue weighted by Gasteiger charge is -2.24. The lowest BCUT2D eigenvalue weighted by Crippen LogP contribution is -2.29. The van der Waals surface area contributed by atoms with Gasteiger partial charge in [0, 0.05) is 5.56 Å². The summed E-state index contributed by atoms with van der Waals surface area (Å²) in [5, 5.41) is 11.7. The highest BCUT2D eigenvalue weighted by molar-refractivity contribution is 7.22. The molecule has 10 heteroatoms. The molecule has 0 spiro atoms. The van der Waals surface area contributed by atoms with Crippen LogP contribution < -0.4 is 19.1 Å². The minimum absolute atomic E-state index is 0.0985. The van der Waals surface area contributed by atoms with E-state index in [1.54, 1.807) is 42.5 Å². The van der Waals surface area contributed by atoms with Gasteiger partial charge >= 0.3 is 5.91 Å². The van der Waals surface area contributed by atoms with Gasteiger partial charge < -0.3 is 19.3 Å². The summed E-state index contributed by atoms with van der Waals surface area (Å²) in [4.78, 5) is 33.1. The number of carbonyl (C=O) groups is 2. The van der Waals surface area contributed by atoms with Crippen molar-refractivity contribution in [2.45, 2.75) is 46.1 Å². The number of aliphatic hydroxyl groups is 1. The second kappa shape index (κ2) is 13.2. The first-order valence-electron chi connectivity index (χ1n) is 14.4. The predicted molar refractivity (Wildman–Crippen MR) is 165 cm³/mol. The maximum Gasteiger partial charge on any atom is 0.301 e. The van der Waals surface area contributed by atoms with E-state index in [4.69, 9.17) is 14.2 Å². The highest BCUT2D eigenvalue weighted by atomic mass is 32.1. The van der Waals surface area contributed by atoms with Crippen LogP contribution in [0.3, 0.4) is 0 Å². The molecular weight excluding hydrogens is 571 g/mol. The van der Waals surface area contributed by atoms with E-state index in [1.807, 2.05) is 13.8 Å². The van der Waals surface area contributed by atoms with E-state index < -0.39 is 23.5 Å². The average molecular weight is 605 g/mol. The first-order valence-corrected chi connectivity index (χ1v) is 15.2. The van der Waals surface area contributed by atoms with Crippen LogP contribution in [0.2, 0.25) is 0 Å². The molecule has 1 saturated heterocycles. The lowest BCUT2D eigenvalue weighted by molar-refractivity contribution is -0.132. The number of carbonyl (C=O) groups excluding carboxylic acids is 2. The molecule has 1 aliphatic rings. The van der Waals surface area contributed by atoms with Crippen LogP contribution in [0.25, 0.3) is 16.0 Å². The maximum atomic E-state index is 14.0. The summed E-state index contributed by atoms with van der Waals surface area (Å²) in [6, 6.07) is 15.0. The minimum Gasteiger partial charge on any atom is -0.507 e. The van der Waals surface area contributed by atoms with Crippen molar-refractivity contribution >= 4 is 44.1 Å². The minimum atomic E-state index is -1.04. The molecule has 1 atom stereocenters. The van der Waals surface area contributed by atoms with Gasteiger partial charge in [0.2, 0.25) is 0 Å². The molecule has 1 unspecified atom stereocenters. The van der Waals surface area contributed by atoms with E-state index in [0.29, 0.717) is 58.4 Å². The third-order valence-electron chi connectivity index (χ3n) is 7.02. The van der Waals surface area contributed by atoms with Gasteiger partial charge in [-0.05, 0) is 80.4 Å². The molecule has 2 heterocycles. The zero-order chi connectivity index (χ0) is 30.5. The Hall–Kier alpha value is -4.44. The number of unbranched alkanes of at least 4 members (excludes halogenated alkanes) is 2. The second-order valence-corrected chi connectivity index (χ2v) is 10.9. The fourth-order valence-corrected chi connectivity index (χ4v) is 6.00. The Morgan fingerprint density at radius 2 is 1.70 bits per heavy atom. The number of hydrogen-bond acceptors (Lipinski definition) is 8. The van der Waals surface area contributed by atoms with Gasteiger partial charge in [-0.1, -0.05) is 37.2 Å². The van der Waals surface area contributed by atoms with E-state index in [2.05, 4.69) is 11.9 Å². The Kier molecular flexibility index (Phi) is 9.25. The highest BCUT2D eigenvalue weighted by Gasteiger charge is 2.48. The Bertz CT molecular complexity index is 1670. The summed E-state index contributed by atoms with van der Waals surface area (Å²) in [6.45, 7) is 7.20.